The first-order valence-electron chi connectivity index (χ1n) is 4.43. The van der Waals surface area contributed by atoms with Crippen molar-refractivity contribution in [2.24, 2.45) is 0 Å². The first kappa shape index (κ1) is 10.1. The van der Waals surface area contributed by atoms with Crippen molar-refractivity contribution >= 4 is 0 Å². The van der Waals surface area contributed by atoms with E-state index in [2.05, 4.69) is 9.97 Å². The average molecular weight is 215 g/mol. The summed E-state index contributed by atoms with van der Waals surface area (Å²) < 4.78 is 17.9. The molecule has 0 fully saturated rings. The maximum absolute atomic E-state index is 12.6. The fourth-order valence-corrected chi connectivity index (χ4v) is 1.05. The number of halogens is 1. The predicted octanol–water partition coefficient (Wildman–Crippen LogP) is 2.28. The van der Waals surface area contributed by atoms with Crippen LogP contribution in [-0.4, -0.2) is 9.97 Å². The van der Waals surface area contributed by atoms with Gasteiger partial charge in [0.2, 0.25) is 5.88 Å². The Hall–Kier alpha value is -2.48. The third-order valence-electron chi connectivity index (χ3n) is 1.78. The molecule has 2 aromatic rings. The van der Waals surface area contributed by atoms with Gasteiger partial charge in [-0.1, -0.05) is 0 Å². The normalized spacial score (nSPS) is 9.50. The van der Waals surface area contributed by atoms with E-state index in [1.54, 1.807) is 0 Å². The van der Waals surface area contributed by atoms with Gasteiger partial charge >= 0.3 is 0 Å². The van der Waals surface area contributed by atoms with Gasteiger partial charge < -0.3 is 4.74 Å². The monoisotopic (exact) mass is 215 g/mol. The second-order valence-electron chi connectivity index (χ2n) is 2.91. The molecule has 0 saturated heterocycles. The summed E-state index contributed by atoms with van der Waals surface area (Å²) in [7, 11) is 0. The van der Waals surface area contributed by atoms with Gasteiger partial charge in [-0.25, -0.2) is 14.4 Å². The zero-order valence-corrected chi connectivity index (χ0v) is 8.09. The van der Waals surface area contributed by atoms with Gasteiger partial charge in [-0.05, 0) is 24.3 Å². The molecule has 0 aliphatic rings. The van der Waals surface area contributed by atoms with Crippen LogP contribution in [0, 0.1) is 17.1 Å². The van der Waals surface area contributed by atoms with E-state index in [9.17, 15) is 4.39 Å². The van der Waals surface area contributed by atoms with E-state index in [1.807, 2.05) is 6.07 Å². The zero-order chi connectivity index (χ0) is 11.4. The number of aromatic nitrogens is 2. The third kappa shape index (κ3) is 2.30. The Balaban J connectivity index is 2.15. The first-order valence-corrected chi connectivity index (χ1v) is 4.43. The molecule has 0 N–H and O–H groups in total. The van der Waals surface area contributed by atoms with Crippen LogP contribution in [0.4, 0.5) is 4.39 Å². The van der Waals surface area contributed by atoms with Gasteiger partial charge in [-0.3, -0.25) is 0 Å². The van der Waals surface area contributed by atoms with Gasteiger partial charge in [0.1, 0.15) is 17.6 Å². The molecule has 1 aromatic carbocycles. The van der Waals surface area contributed by atoms with Crippen molar-refractivity contribution in [3.63, 3.8) is 0 Å². The largest absolute Gasteiger partial charge is 0.438 e. The Bertz CT molecular complexity index is 516. The van der Waals surface area contributed by atoms with Gasteiger partial charge in [0, 0.05) is 0 Å². The third-order valence-corrected chi connectivity index (χ3v) is 1.78. The molecule has 2 rings (SSSR count). The van der Waals surface area contributed by atoms with E-state index in [-0.39, 0.29) is 17.4 Å². The molecule has 0 bridgehead atoms. The summed E-state index contributed by atoms with van der Waals surface area (Å²) in [6.45, 7) is 0. The van der Waals surface area contributed by atoms with Gasteiger partial charge in [-0.15, -0.1) is 0 Å². The Morgan fingerprint density at radius 3 is 2.44 bits per heavy atom. The van der Waals surface area contributed by atoms with Crippen molar-refractivity contribution < 1.29 is 9.13 Å². The molecule has 0 aliphatic carbocycles. The Morgan fingerprint density at radius 2 is 1.88 bits per heavy atom. The lowest BCUT2D eigenvalue weighted by atomic mass is 10.3. The number of rotatable bonds is 2. The highest BCUT2D eigenvalue weighted by atomic mass is 19.1. The van der Waals surface area contributed by atoms with E-state index in [0.717, 1.165) is 0 Å². The molecule has 78 valence electrons. The fourth-order valence-electron chi connectivity index (χ4n) is 1.05. The maximum atomic E-state index is 12.6. The molecular weight excluding hydrogens is 209 g/mol. The summed E-state index contributed by atoms with van der Waals surface area (Å²) in [4.78, 5) is 7.65. The quantitative estimate of drug-likeness (QED) is 0.771. The number of nitriles is 1. The van der Waals surface area contributed by atoms with Crippen LogP contribution in [0.3, 0.4) is 0 Å². The molecule has 1 heterocycles. The Morgan fingerprint density at radius 1 is 1.12 bits per heavy atom. The van der Waals surface area contributed by atoms with Gasteiger partial charge in [0.15, 0.2) is 5.69 Å². The molecule has 0 amide bonds. The van der Waals surface area contributed by atoms with E-state index < -0.39 is 0 Å². The molecule has 0 atom stereocenters. The van der Waals surface area contributed by atoms with Crippen molar-refractivity contribution in [3.8, 4) is 17.7 Å². The molecule has 0 radical (unpaired) electrons. The van der Waals surface area contributed by atoms with Crippen molar-refractivity contribution in [2.75, 3.05) is 0 Å². The standard InChI is InChI=1S/C11H6FN3O/c12-8-1-3-10(4-2-8)16-11-7-14-9(5-13)6-15-11/h1-4,6-7H. The van der Waals surface area contributed by atoms with E-state index in [0.29, 0.717) is 5.75 Å². The highest BCUT2D eigenvalue weighted by Crippen LogP contribution is 2.18. The lowest BCUT2D eigenvalue weighted by Crippen LogP contribution is -1.91. The van der Waals surface area contributed by atoms with Crippen molar-refractivity contribution in [3.05, 3.63) is 48.2 Å². The van der Waals surface area contributed by atoms with Crippen molar-refractivity contribution in [1.82, 2.24) is 9.97 Å². The molecule has 0 saturated carbocycles. The molecule has 16 heavy (non-hydrogen) atoms. The van der Waals surface area contributed by atoms with Crippen LogP contribution in [-0.2, 0) is 0 Å². The predicted molar refractivity (Wildman–Crippen MR) is 53.2 cm³/mol. The lowest BCUT2D eigenvalue weighted by Gasteiger charge is -2.03. The first-order chi connectivity index (χ1) is 7.78. The minimum atomic E-state index is -0.335. The summed E-state index contributed by atoms with van der Waals surface area (Å²) in [5.41, 5.74) is 0.214. The van der Waals surface area contributed by atoms with E-state index >= 15 is 0 Å². The Labute approximate surface area is 91.0 Å². The molecule has 0 aliphatic heterocycles. The summed E-state index contributed by atoms with van der Waals surface area (Å²) in [5, 5.41) is 8.51. The number of hydrogen-bond acceptors (Lipinski definition) is 4. The van der Waals surface area contributed by atoms with Gasteiger partial charge in [0.05, 0.1) is 12.4 Å². The van der Waals surface area contributed by atoms with Crippen LogP contribution in [0.5, 0.6) is 11.6 Å². The van der Waals surface area contributed by atoms with Crippen LogP contribution in [0.15, 0.2) is 36.7 Å². The topological polar surface area (TPSA) is 58.8 Å². The summed E-state index contributed by atoms with van der Waals surface area (Å²) in [6, 6.07) is 7.38. The zero-order valence-electron chi connectivity index (χ0n) is 8.09. The van der Waals surface area contributed by atoms with Crippen LogP contribution < -0.4 is 4.74 Å². The summed E-state index contributed by atoms with van der Waals surface area (Å²) >= 11 is 0. The smallest absolute Gasteiger partial charge is 0.237 e. The minimum Gasteiger partial charge on any atom is -0.438 e. The van der Waals surface area contributed by atoms with Gasteiger partial charge in [-0.2, -0.15) is 5.26 Å². The highest BCUT2D eigenvalue weighted by Gasteiger charge is 2.00. The van der Waals surface area contributed by atoms with Crippen LogP contribution in [0.25, 0.3) is 0 Å². The summed E-state index contributed by atoms with van der Waals surface area (Å²) in [6.07, 6.45) is 2.64. The van der Waals surface area contributed by atoms with Crippen molar-refractivity contribution in [2.45, 2.75) is 0 Å². The molecular formula is C11H6FN3O. The number of hydrogen-bond donors (Lipinski definition) is 0. The molecule has 5 heteroatoms. The number of nitrogens with zero attached hydrogens (tertiary/aromatic N) is 3. The second kappa shape index (κ2) is 4.36. The van der Waals surface area contributed by atoms with E-state index in [1.165, 1.54) is 36.7 Å². The van der Waals surface area contributed by atoms with Crippen LogP contribution in [0.1, 0.15) is 5.69 Å². The van der Waals surface area contributed by atoms with Crippen LogP contribution >= 0.6 is 0 Å². The van der Waals surface area contributed by atoms with Crippen LogP contribution in [0.2, 0.25) is 0 Å². The van der Waals surface area contributed by atoms with Gasteiger partial charge in [0.25, 0.3) is 0 Å². The Kier molecular flexibility index (Phi) is 2.74. The molecule has 0 unspecified atom stereocenters. The number of benzene rings is 1. The molecule has 4 nitrogen and oxygen atoms in total. The maximum Gasteiger partial charge on any atom is 0.237 e. The average Bonchev–Trinajstić information content (AvgIpc) is 2.33. The highest BCUT2D eigenvalue weighted by molar-refractivity contribution is 5.27. The number of ether oxygens (including phenoxy) is 1. The molecule has 1 aromatic heterocycles. The SMILES string of the molecule is N#Cc1cnc(Oc2ccc(F)cc2)cn1. The molecule has 0 spiro atoms. The minimum absolute atomic E-state index is 0.214. The summed E-state index contributed by atoms with van der Waals surface area (Å²) in [5.74, 6) is 0.379. The lowest BCUT2D eigenvalue weighted by molar-refractivity contribution is 0.458. The second-order valence-corrected chi connectivity index (χ2v) is 2.91. The fraction of sp³-hybridized carbons (Fsp3) is 0. The van der Waals surface area contributed by atoms with Crippen molar-refractivity contribution in [1.29, 1.82) is 5.26 Å². The van der Waals surface area contributed by atoms with E-state index in [4.69, 9.17) is 10.00 Å².